The highest BCUT2D eigenvalue weighted by atomic mass is 32.2. The zero-order valence-electron chi connectivity index (χ0n) is 16.8. The number of halogens is 2. The van der Waals surface area contributed by atoms with Gasteiger partial charge in [-0.15, -0.1) is 0 Å². The number of rotatable bonds is 7. The van der Waals surface area contributed by atoms with Crippen molar-refractivity contribution in [3.05, 3.63) is 65.2 Å². The van der Waals surface area contributed by atoms with Gasteiger partial charge < -0.3 is 5.32 Å². The maximum atomic E-state index is 14.5. The van der Waals surface area contributed by atoms with Crippen LogP contribution in [0.1, 0.15) is 41.6 Å². The van der Waals surface area contributed by atoms with Crippen molar-refractivity contribution in [3.8, 4) is 0 Å². The lowest BCUT2D eigenvalue weighted by atomic mass is 9.78. The molecule has 2 aromatic rings. The first kappa shape index (κ1) is 22.3. The fourth-order valence-electron chi connectivity index (χ4n) is 3.97. The number of carbonyl (C=O) groups is 1. The molecule has 1 aliphatic carbocycles. The minimum absolute atomic E-state index is 0.000785. The highest BCUT2D eigenvalue weighted by Crippen LogP contribution is 2.42. The third-order valence-corrected chi connectivity index (χ3v) is 7.31. The molecule has 0 aliphatic heterocycles. The summed E-state index contributed by atoms with van der Waals surface area (Å²) in [6.45, 7) is 0.0542. The van der Waals surface area contributed by atoms with Crippen LogP contribution in [0.15, 0.2) is 47.4 Å². The Morgan fingerprint density at radius 1 is 1.13 bits per heavy atom. The Bertz CT molecular complexity index is 1020. The molecule has 2 aromatic carbocycles. The van der Waals surface area contributed by atoms with Crippen LogP contribution in [0.2, 0.25) is 0 Å². The van der Waals surface area contributed by atoms with E-state index in [1.807, 2.05) is 0 Å². The van der Waals surface area contributed by atoms with Crippen molar-refractivity contribution in [2.24, 2.45) is 0 Å². The van der Waals surface area contributed by atoms with Crippen molar-refractivity contribution in [1.82, 2.24) is 9.79 Å². The van der Waals surface area contributed by atoms with Gasteiger partial charge in [0.05, 0.1) is 12.0 Å². The first-order chi connectivity index (χ1) is 14.2. The van der Waals surface area contributed by atoms with E-state index in [9.17, 15) is 22.0 Å². The topological polar surface area (TPSA) is 75.7 Å². The highest BCUT2D eigenvalue weighted by molar-refractivity contribution is 7.89. The molecule has 162 valence electrons. The molecule has 0 unspecified atom stereocenters. The number of sulfonamides is 1. The minimum Gasteiger partial charge on any atom is -0.351 e. The van der Waals surface area contributed by atoms with Crippen LogP contribution in [0.5, 0.6) is 0 Å². The molecule has 0 bridgehead atoms. The lowest BCUT2D eigenvalue weighted by molar-refractivity contribution is -0.0258. The van der Waals surface area contributed by atoms with Gasteiger partial charge in [0.15, 0.2) is 0 Å². The van der Waals surface area contributed by atoms with Gasteiger partial charge in [-0.1, -0.05) is 29.4 Å². The van der Waals surface area contributed by atoms with E-state index in [1.54, 1.807) is 0 Å². The van der Waals surface area contributed by atoms with Crippen LogP contribution >= 0.6 is 0 Å². The summed E-state index contributed by atoms with van der Waals surface area (Å²) in [6, 6.07) is 9.29. The summed E-state index contributed by atoms with van der Waals surface area (Å²) in [7, 11) is -1.45. The molecule has 3 rings (SSSR count). The second-order valence-corrected chi connectivity index (χ2v) is 9.33. The lowest BCUT2D eigenvalue weighted by Gasteiger charge is -2.30. The standard InChI is InChI=1S/C21H24F2N2O4S/c1-25(29-2)30(27,28)16-8-5-7-15(13-16)20(26)24-14-21(11-3-4-12-21)19-17(22)9-6-10-18(19)23/h5-10,13H,3-4,11-12,14H2,1-2H3,(H,24,26). The van der Waals surface area contributed by atoms with Gasteiger partial charge in [-0.05, 0) is 43.2 Å². The average Bonchev–Trinajstić information content (AvgIpc) is 3.21. The largest absolute Gasteiger partial charge is 0.351 e. The van der Waals surface area contributed by atoms with Crippen molar-refractivity contribution in [2.75, 3.05) is 20.7 Å². The number of hydroxylamine groups is 1. The summed E-state index contributed by atoms with van der Waals surface area (Å²) in [5, 5.41) is 2.74. The van der Waals surface area contributed by atoms with Gasteiger partial charge in [-0.2, -0.15) is 0 Å². The minimum atomic E-state index is -3.91. The predicted molar refractivity (Wildman–Crippen MR) is 107 cm³/mol. The Balaban J connectivity index is 1.84. The smallest absolute Gasteiger partial charge is 0.264 e. The molecule has 6 nitrogen and oxygen atoms in total. The molecule has 0 radical (unpaired) electrons. The fraction of sp³-hybridized carbons (Fsp3) is 0.381. The maximum absolute atomic E-state index is 14.5. The van der Waals surface area contributed by atoms with E-state index < -0.39 is 33.0 Å². The van der Waals surface area contributed by atoms with E-state index in [0.717, 1.165) is 12.8 Å². The van der Waals surface area contributed by atoms with Crippen LogP contribution in [0, 0.1) is 11.6 Å². The third kappa shape index (κ3) is 4.23. The third-order valence-electron chi connectivity index (χ3n) is 5.63. The van der Waals surface area contributed by atoms with Crippen LogP contribution < -0.4 is 5.32 Å². The Morgan fingerprint density at radius 2 is 1.73 bits per heavy atom. The summed E-state index contributed by atoms with van der Waals surface area (Å²) in [4.78, 5) is 17.4. The van der Waals surface area contributed by atoms with Gasteiger partial charge in [0.25, 0.3) is 15.9 Å². The molecule has 0 saturated heterocycles. The molecule has 30 heavy (non-hydrogen) atoms. The predicted octanol–water partition coefficient (Wildman–Crippen LogP) is 3.39. The van der Waals surface area contributed by atoms with Crippen molar-refractivity contribution >= 4 is 15.9 Å². The van der Waals surface area contributed by atoms with Crippen molar-refractivity contribution in [3.63, 3.8) is 0 Å². The van der Waals surface area contributed by atoms with Crippen LogP contribution in [0.4, 0.5) is 8.78 Å². The van der Waals surface area contributed by atoms with Gasteiger partial charge >= 0.3 is 0 Å². The first-order valence-electron chi connectivity index (χ1n) is 9.57. The number of hydrogen-bond donors (Lipinski definition) is 1. The van der Waals surface area contributed by atoms with Crippen LogP contribution in [0.3, 0.4) is 0 Å². The second kappa shape index (κ2) is 8.79. The van der Waals surface area contributed by atoms with Gasteiger partial charge in [-0.25, -0.2) is 17.2 Å². The number of benzene rings is 2. The Morgan fingerprint density at radius 3 is 2.33 bits per heavy atom. The van der Waals surface area contributed by atoms with E-state index in [0.29, 0.717) is 17.3 Å². The second-order valence-electron chi connectivity index (χ2n) is 7.39. The van der Waals surface area contributed by atoms with Crippen LogP contribution in [-0.4, -0.2) is 39.5 Å². The number of amides is 1. The summed E-state index contributed by atoms with van der Waals surface area (Å²) in [5.74, 6) is -1.76. The van der Waals surface area contributed by atoms with E-state index in [4.69, 9.17) is 4.84 Å². The van der Waals surface area contributed by atoms with Gasteiger partial charge in [0.1, 0.15) is 11.6 Å². The molecule has 1 N–H and O–H groups in total. The summed E-state index contributed by atoms with van der Waals surface area (Å²) in [5.41, 5.74) is -0.700. The zero-order valence-corrected chi connectivity index (χ0v) is 17.6. The van der Waals surface area contributed by atoms with E-state index in [1.165, 1.54) is 56.6 Å². The van der Waals surface area contributed by atoms with E-state index in [2.05, 4.69) is 5.32 Å². The van der Waals surface area contributed by atoms with Crippen LogP contribution in [0.25, 0.3) is 0 Å². The van der Waals surface area contributed by atoms with E-state index in [-0.39, 0.29) is 22.6 Å². The van der Waals surface area contributed by atoms with Crippen molar-refractivity contribution in [2.45, 2.75) is 36.0 Å². The fourth-order valence-corrected chi connectivity index (χ4v) is 4.99. The Labute approximate surface area is 174 Å². The molecule has 0 heterocycles. The number of nitrogens with zero attached hydrogens (tertiary/aromatic N) is 1. The highest BCUT2D eigenvalue weighted by Gasteiger charge is 2.40. The van der Waals surface area contributed by atoms with Gasteiger partial charge in [0.2, 0.25) is 0 Å². The Hall–Kier alpha value is -2.36. The monoisotopic (exact) mass is 438 g/mol. The number of hydrogen-bond acceptors (Lipinski definition) is 4. The molecule has 0 aromatic heterocycles. The maximum Gasteiger partial charge on any atom is 0.264 e. The SMILES string of the molecule is CON(C)S(=O)(=O)c1cccc(C(=O)NCC2(c3c(F)cccc3F)CCCC2)c1. The first-order valence-corrected chi connectivity index (χ1v) is 11.0. The molecular formula is C21H24F2N2O4S. The number of nitrogens with one attached hydrogen (secondary N) is 1. The lowest BCUT2D eigenvalue weighted by Crippen LogP contribution is -2.40. The molecule has 1 saturated carbocycles. The van der Waals surface area contributed by atoms with Crippen LogP contribution in [-0.2, 0) is 20.3 Å². The summed E-state index contributed by atoms with van der Waals surface area (Å²) in [6.07, 6.45) is 2.72. The normalized spacial score (nSPS) is 16.0. The van der Waals surface area contributed by atoms with Crippen molar-refractivity contribution in [1.29, 1.82) is 0 Å². The van der Waals surface area contributed by atoms with E-state index >= 15 is 0 Å². The quantitative estimate of drug-likeness (QED) is 0.673. The zero-order chi connectivity index (χ0) is 21.9. The van der Waals surface area contributed by atoms with Gasteiger partial charge in [-0.3, -0.25) is 9.63 Å². The molecule has 0 atom stereocenters. The summed E-state index contributed by atoms with van der Waals surface area (Å²) >= 11 is 0. The Kier molecular flexibility index (Phi) is 6.54. The number of carbonyl (C=O) groups excluding carboxylic acids is 1. The summed E-state index contributed by atoms with van der Waals surface area (Å²) < 4.78 is 54.4. The van der Waals surface area contributed by atoms with Gasteiger partial charge in [0, 0.05) is 30.1 Å². The molecule has 1 fully saturated rings. The molecule has 1 aliphatic rings. The molecule has 1 amide bonds. The average molecular weight is 438 g/mol. The van der Waals surface area contributed by atoms with Crippen molar-refractivity contribution < 1.29 is 26.8 Å². The molecule has 9 heteroatoms. The molecular weight excluding hydrogens is 414 g/mol. The molecule has 0 spiro atoms.